The van der Waals surface area contributed by atoms with Crippen LogP contribution in [0.3, 0.4) is 0 Å². The van der Waals surface area contributed by atoms with Crippen LogP contribution in [0.4, 0.5) is 0 Å². The second-order valence-electron chi connectivity index (χ2n) is 9.95. The van der Waals surface area contributed by atoms with Gasteiger partial charge in [-0.15, -0.1) is 0 Å². The van der Waals surface area contributed by atoms with E-state index in [1.807, 2.05) is 24.3 Å². The summed E-state index contributed by atoms with van der Waals surface area (Å²) in [5, 5.41) is 0.671. The molecule has 2 aliphatic carbocycles. The molecule has 36 heavy (non-hydrogen) atoms. The first kappa shape index (κ1) is 26.9. The minimum Gasteiger partial charge on any atom is -0.493 e. The number of methoxy groups -OCH3 is 1. The van der Waals surface area contributed by atoms with Gasteiger partial charge in [0.25, 0.3) is 0 Å². The Hall–Kier alpha value is -2.15. The highest BCUT2D eigenvalue weighted by Crippen LogP contribution is 2.52. The summed E-state index contributed by atoms with van der Waals surface area (Å²) in [6.07, 6.45) is 14.7. The number of carbonyl (C=O) groups is 2. The van der Waals surface area contributed by atoms with Crippen molar-refractivity contribution in [3.8, 4) is 5.75 Å². The molecule has 0 aromatic heterocycles. The smallest absolute Gasteiger partial charge is 0.374 e. The van der Waals surface area contributed by atoms with Crippen molar-refractivity contribution in [3.63, 3.8) is 0 Å². The third-order valence-corrected chi connectivity index (χ3v) is 7.71. The minimum absolute atomic E-state index is 0.0935. The van der Waals surface area contributed by atoms with Crippen molar-refractivity contribution >= 4 is 23.4 Å². The number of esters is 1. The fraction of sp³-hybridized carbons (Fsp3) is 0.586. The van der Waals surface area contributed by atoms with Gasteiger partial charge in [0, 0.05) is 24.0 Å². The molecule has 3 fully saturated rings. The van der Waals surface area contributed by atoms with E-state index in [-0.39, 0.29) is 18.8 Å². The molecule has 1 aliphatic heterocycles. The lowest BCUT2D eigenvalue weighted by Gasteiger charge is -2.29. The van der Waals surface area contributed by atoms with Crippen LogP contribution in [0.5, 0.6) is 5.75 Å². The minimum atomic E-state index is -0.758. The normalized spacial score (nSPS) is 28.9. The van der Waals surface area contributed by atoms with Crippen molar-refractivity contribution in [1.29, 1.82) is 0 Å². The first-order chi connectivity index (χ1) is 17.5. The summed E-state index contributed by atoms with van der Waals surface area (Å²) in [6, 6.07) is 7.46. The Morgan fingerprint density at radius 1 is 1.19 bits per heavy atom. The lowest BCUT2D eigenvalue weighted by Crippen LogP contribution is -2.30. The molecule has 0 N–H and O–H groups in total. The summed E-state index contributed by atoms with van der Waals surface area (Å²) in [7, 11) is 1.24. The third kappa shape index (κ3) is 7.44. The molecule has 4 rings (SSSR count). The van der Waals surface area contributed by atoms with Gasteiger partial charge in [-0.3, -0.25) is 4.79 Å². The van der Waals surface area contributed by atoms with Crippen molar-refractivity contribution in [3.05, 3.63) is 53.1 Å². The van der Waals surface area contributed by atoms with Gasteiger partial charge in [-0.25, -0.2) is 4.79 Å². The van der Waals surface area contributed by atoms with Gasteiger partial charge < -0.3 is 18.9 Å². The number of Topliss-reactive ketones (excluding diaryl/α,β-unsaturated/α-hetero) is 1. The number of ether oxygens (including phenoxy) is 4. The number of rotatable bonds is 11. The fourth-order valence-electron chi connectivity index (χ4n) is 5.75. The van der Waals surface area contributed by atoms with Crippen LogP contribution in [-0.2, 0) is 23.8 Å². The topological polar surface area (TPSA) is 71.1 Å². The number of halogens is 1. The van der Waals surface area contributed by atoms with Crippen LogP contribution in [0, 0.1) is 17.8 Å². The van der Waals surface area contributed by atoms with Gasteiger partial charge in [0.05, 0.1) is 19.8 Å². The van der Waals surface area contributed by atoms with Gasteiger partial charge in [0.2, 0.25) is 5.78 Å². The molecule has 1 aromatic rings. The first-order valence-corrected chi connectivity index (χ1v) is 13.5. The average Bonchev–Trinajstić information content (AvgIpc) is 3.41. The summed E-state index contributed by atoms with van der Waals surface area (Å²) in [5.74, 6) is 0.975. The highest BCUT2D eigenvalue weighted by atomic mass is 35.5. The molecule has 1 aromatic carbocycles. The largest absolute Gasteiger partial charge is 0.493 e. The zero-order valence-electron chi connectivity index (χ0n) is 21.0. The van der Waals surface area contributed by atoms with E-state index in [9.17, 15) is 9.59 Å². The molecule has 0 radical (unpaired) electrons. The van der Waals surface area contributed by atoms with Crippen molar-refractivity contribution < 1.29 is 28.5 Å². The number of benzene rings is 1. The Labute approximate surface area is 219 Å². The Balaban J connectivity index is 1.33. The van der Waals surface area contributed by atoms with Gasteiger partial charge in [-0.2, -0.15) is 0 Å². The monoisotopic (exact) mass is 516 g/mol. The van der Waals surface area contributed by atoms with E-state index < -0.39 is 11.8 Å². The Bertz CT molecular complexity index is 951. The van der Waals surface area contributed by atoms with Crippen LogP contribution in [0.1, 0.15) is 57.8 Å². The number of ketones is 1. The highest BCUT2D eigenvalue weighted by Gasteiger charge is 2.47. The molecule has 3 aliphatic rings. The second-order valence-corrected chi connectivity index (χ2v) is 10.4. The molecule has 5 atom stereocenters. The van der Waals surface area contributed by atoms with Crippen LogP contribution in [0.2, 0.25) is 5.02 Å². The lowest BCUT2D eigenvalue weighted by atomic mass is 9.90. The predicted octanol–water partition coefficient (Wildman–Crippen LogP) is 6.07. The van der Waals surface area contributed by atoms with E-state index in [1.54, 1.807) is 0 Å². The number of allylic oxidation sites excluding steroid dienone is 2. The van der Waals surface area contributed by atoms with Gasteiger partial charge >= 0.3 is 5.97 Å². The fourth-order valence-corrected chi connectivity index (χ4v) is 5.93. The molecule has 0 amide bonds. The Morgan fingerprint density at radius 3 is 2.86 bits per heavy atom. The van der Waals surface area contributed by atoms with Crippen molar-refractivity contribution in [2.45, 2.75) is 70.2 Å². The third-order valence-electron chi connectivity index (χ3n) is 7.48. The molecule has 0 bridgehead atoms. The molecular weight excluding hydrogens is 480 g/mol. The van der Waals surface area contributed by atoms with E-state index in [0.29, 0.717) is 35.8 Å². The van der Waals surface area contributed by atoms with E-state index in [2.05, 4.69) is 23.0 Å². The van der Waals surface area contributed by atoms with E-state index in [1.165, 1.54) is 12.7 Å². The van der Waals surface area contributed by atoms with Crippen LogP contribution < -0.4 is 4.74 Å². The molecule has 1 heterocycles. The zero-order valence-corrected chi connectivity index (χ0v) is 21.8. The molecule has 1 saturated heterocycles. The van der Waals surface area contributed by atoms with Gasteiger partial charge in [0.15, 0.2) is 6.29 Å². The quantitative estimate of drug-likeness (QED) is 0.154. The standard InChI is InChI=1S/C29H37ClO6/c1-33-29(32)26(31)12-6-8-20-16-21-18-27(36-28-13-3-5-15-35-28)24(25(21)17-20)11-2-4-14-34-23-10-7-9-22(30)19-23/h2,7-11,19,21,24-25,27-28H,3-6,12-18H2,1H3/t21-,24-,25+,27-,28?/m1/s1. The number of carbonyl (C=O) groups excluding carboxylic acids is 2. The van der Waals surface area contributed by atoms with E-state index in [0.717, 1.165) is 57.3 Å². The van der Waals surface area contributed by atoms with E-state index in [4.69, 9.17) is 25.8 Å². The maximum atomic E-state index is 11.7. The number of hydrogen-bond acceptors (Lipinski definition) is 6. The Morgan fingerprint density at radius 2 is 2.08 bits per heavy atom. The molecule has 7 heteroatoms. The Kier molecular flexibility index (Phi) is 10.0. The molecule has 6 nitrogen and oxygen atoms in total. The van der Waals surface area contributed by atoms with Gasteiger partial charge in [-0.1, -0.05) is 41.5 Å². The summed E-state index contributed by atoms with van der Waals surface area (Å²) >= 11 is 6.04. The summed E-state index contributed by atoms with van der Waals surface area (Å²) < 4.78 is 22.7. The van der Waals surface area contributed by atoms with Gasteiger partial charge in [0.1, 0.15) is 5.75 Å². The molecular formula is C29H37ClO6. The van der Waals surface area contributed by atoms with Crippen molar-refractivity contribution in [1.82, 2.24) is 0 Å². The first-order valence-electron chi connectivity index (χ1n) is 13.1. The summed E-state index contributed by atoms with van der Waals surface area (Å²) in [6.45, 7) is 1.37. The molecule has 2 saturated carbocycles. The van der Waals surface area contributed by atoms with Crippen LogP contribution >= 0.6 is 11.6 Å². The molecule has 196 valence electrons. The predicted molar refractivity (Wildman–Crippen MR) is 138 cm³/mol. The summed E-state index contributed by atoms with van der Waals surface area (Å²) in [5.41, 5.74) is 1.39. The van der Waals surface area contributed by atoms with Crippen LogP contribution in [-0.4, -0.2) is 44.5 Å². The number of fused-ring (bicyclic) bond motifs is 1. The zero-order chi connectivity index (χ0) is 25.3. The van der Waals surface area contributed by atoms with Crippen LogP contribution in [0.15, 0.2) is 48.1 Å². The van der Waals surface area contributed by atoms with Crippen molar-refractivity contribution in [2.75, 3.05) is 20.3 Å². The van der Waals surface area contributed by atoms with Crippen molar-refractivity contribution in [2.24, 2.45) is 17.8 Å². The summed E-state index contributed by atoms with van der Waals surface area (Å²) in [4.78, 5) is 23.1. The molecule has 0 spiro atoms. The van der Waals surface area contributed by atoms with Gasteiger partial charge in [-0.05, 0) is 81.4 Å². The SMILES string of the molecule is COC(=O)C(=O)CCC=C1C[C@@H]2C[C@@H](OC3CCCCO3)[C@H](C=CCCOc3cccc(Cl)c3)[C@H]2C1. The average molecular weight is 517 g/mol. The number of hydrogen-bond donors (Lipinski definition) is 0. The molecule has 1 unspecified atom stereocenters. The maximum absolute atomic E-state index is 11.7. The lowest BCUT2D eigenvalue weighted by molar-refractivity contribution is -0.193. The maximum Gasteiger partial charge on any atom is 0.374 e. The van der Waals surface area contributed by atoms with Crippen LogP contribution in [0.25, 0.3) is 0 Å². The van der Waals surface area contributed by atoms with E-state index >= 15 is 0 Å². The highest BCUT2D eigenvalue weighted by molar-refractivity contribution is 6.33. The second kappa shape index (κ2) is 13.4.